The molecule has 3 heterocycles. The lowest BCUT2D eigenvalue weighted by Gasteiger charge is -2.15. The number of carbonyl (C=O) groups is 2. The van der Waals surface area contributed by atoms with Gasteiger partial charge in [0.2, 0.25) is 5.91 Å². The van der Waals surface area contributed by atoms with Crippen molar-refractivity contribution >= 4 is 33.9 Å². The maximum Gasteiger partial charge on any atom is 0.354 e. The fourth-order valence-corrected chi connectivity index (χ4v) is 4.91. The number of aromatic carboxylic acids is 1. The minimum Gasteiger partial charge on any atom is -0.477 e. The lowest BCUT2D eigenvalue weighted by Crippen LogP contribution is -2.25. The molecule has 7 heteroatoms. The Hall–Kier alpha value is -2.67. The van der Waals surface area contributed by atoms with Gasteiger partial charge in [-0.15, -0.1) is 11.3 Å². The lowest BCUT2D eigenvalue weighted by atomic mass is 10.0. The molecule has 2 aromatic heterocycles. The number of carbonyl (C=O) groups excluding carboxylic acids is 1. The number of anilines is 1. The molecule has 4 rings (SSSR count). The average Bonchev–Trinajstić information content (AvgIpc) is 3.25. The van der Waals surface area contributed by atoms with Gasteiger partial charge in [-0.3, -0.25) is 9.20 Å². The summed E-state index contributed by atoms with van der Waals surface area (Å²) in [4.78, 5) is 31.9. The highest BCUT2D eigenvalue weighted by atomic mass is 32.1. The van der Waals surface area contributed by atoms with Gasteiger partial charge in [-0.1, -0.05) is 19.4 Å². The number of fused-ring (bicyclic) bond motifs is 2. The Labute approximate surface area is 161 Å². The van der Waals surface area contributed by atoms with Crippen LogP contribution in [0.25, 0.3) is 16.2 Å². The molecule has 6 nitrogen and oxygen atoms in total. The zero-order chi connectivity index (χ0) is 19.3. The average molecular weight is 383 g/mol. The molecule has 0 bridgehead atoms. The molecule has 3 aromatic rings. The highest BCUT2D eigenvalue weighted by molar-refractivity contribution is 7.17. The number of benzene rings is 1. The van der Waals surface area contributed by atoms with E-state index in [1.54, 1.807) is 16.2 Å². The number of hydrogen-bond acceptors (Lipinski definition) is 4. The first-order valence-electron chi connectivity index (χ1n) is 9.07. The van der Waals surface area contributed by atoms with Crippen LogP contribution in [0.2, 0.25) is 0 Å². The Balaban J connectivity index is 1.91. The standard InChI is InChI=1S/C20H21N3O3S/c1-4-5-15-18(19(25)26)23-17(11(2)27-20(23)21-15)14-6-7-16-13(10-14)8-9-22(16)12(3)24/h6-7,10H,4-5,8-9H2,1-3H3,(H,25,26). The largest absolute Gasteiger partial charge is 0.477 e. The number of amides is 1. The summed E-state index contributed by atoms with van der Waals surface area (Å²) in [7, 11) is 0. The van der Waals surface area contributed by atoms with Gasteiger partial charge >= 0.3 is 5.97 Å². The molecule has 0 unspecified atom stereocenters. The number of aryl methyl sites for hydroxylation is 2. The molecule has 0 fully saturated rings. The Morgan fingerprint density at radius 3 is 2.78 bits per heavy atom. The number of carboxylic acids is 1. The van der Waals surface area contributed by atoms with E-state index in [9.17, 15) is 14.7 Å². The van der Waals surface area contributed by atoms with Crippen molar-refractivity contribution in [2.75, 3.05) is 11.4 Å². The second-order valence-corrected chi connectivity index (χ2v) is 8.03. The molecule has 0 atom stereocenters. The van der Waals surface area contributed by atoms with Gasteiger partial charge in [0.25, 0.3) is 0 Å². The Morgan fingerprint density at radius 2 is 2.11 bits per heavy atom. The van der Waals surface area contributed by atoms with Crippen molar-refractivity contribution in [3.63, 3.8) is 0 Å². The van der Waals surface area contributed by atoms with Crippen LogP contribution < -0.4 is 4.90 Å². The molecule has 0 saturated heterocycles. The molecule has 0 saturated carbocycles. The van der Waals surface area contributed by atoms with Gasteiger partial charge in [0, 0.05) is 29.6 Å². The smallest absolute Gasteiger partial charge is 0.354 e. The number of carboxylic acid groups (broad SMARTS) is 1. The SMILES string of the molecule is CCCc1nc2sc(C)c(-c3ccc4c(c3)CCN4C(C)=O)n2c1C(=O)O. The Kier molecular flexibility index (Phi) is 4.26. The molecule has 27 heavy (non-hydrogen) atoms. The monoisotopic (exact) mass is 383 g/mol. The molecule has 0 aliphatic carbocycles. The topological polar surface area (TPSA) is 74.9 Å². The Morgan fingerprint density at radius 1 is 1.33 bits per heavy atom. The van der Waals surface area contributed by atoms with Gasteiger partial charge in [0.1, 0.15) is 0 Å². The molecule has 1 aromatic carbocycles. The van der Waals surface area contributed by atoms with Gasteiger partial charge in [0.05, 0.1) is 11.4 Å². The quantitative estimate of drug-likeness (QED) is 0.741. The first-order chi connectivity index (χ1) is 12.9. The molecule has 0 spiro atoms. The summed E-state index contributed by atoms with van der Waals surface area (Å²) in [6.07, 6.45) is 2.30. The van der Waals surface area contributed by atoms with Crippen molar-refractivity contribution in [2.45, 2.75) is 40.0 Å². The van der Waals surface area contributed by atoms with Crippen LogP contribution in [0.15, 0.2) is 18.2 Å². The van der Waals surface area contributed by atoms with Crippen LogP contribution in [0.5, 0.6) is 0 Å². The third-order valence-electron chi connectivity index (χ3n) is 5.04. The minimum absolute atomic E-state index is 0.0441. The lowest BCUT2D eigenvalue weighted by molar-refractivity contribution is -0.116. The van der Waals surface area contributed by atoms with E-state index in [-0.39, 0.29) is 11.6 Å². The van der Waals surface area contributed by atoms with E-state index >= 15 is 0 Å². The second-order valence-electron chi connectivity index (χ2n) is 6.85. The zero-order valence-corrected chi connectivity index (χ0v) is 16.4. The van der Waals surface area contributed by atoms with Crippen molar-refractivity contribution in [1.29, 1.82) is 0 Å². The highest BCUT2D eigenvalue weighted by Crippen LogP contribution is 2.37. The molecule has 1 N–H and O–H groups in total. The summed E-state index contributed by atoms with van der Waals surface area (Å²) >= 11 is 1.51. The van der Waals surface area contributed by atoms with Gasteiger partial charge in [-0.2, -0.15) is 0 Å². The maximum atomic E-state index is 12.0. The summed E-state index contributed by atoms with van der Waals surface area (Å²) in [5, 5.41) is 9.81. The van der Waals surface area contributed by atoms with Crippen molar-refractivity contribution in [1.82, 2.24) is 9.38 Å². The number of aromatic nitrogens is 2. The van der Waals surface area contributed by atoms with Crippen LogP contribution in [-0.2, 0) is 17.6 Å². The number of rotatable bonds is 4. The van der Waals surface area contributed by atoms with E-state index < -0.39 is 5.97 Å². The van der Waals surface area contributed by atoms with E-state index in [2.05, 4.69) is 11.1 Å². The first kappa shape index (κ1) is 17.7. The maximum absolute atomic E-state index is 12.0. The van der Waals surface area contributed by atoms with E-state index in [1.165, 1.54) is 11.3 Å². The fourth-order valence-electron chi connectivity index (χ4n) is 3.90. The van der Waals surface area contributed by atoms with E-state index in [0.717, 1.165) is 40.2 Å². The second kappa shape index (κ2) is 6.49. The van der Waals surface area contributed by atoms with Crippen LogP contribution in [0.3, 0.4) is 0 Å². The van der Waals surface area contributed by atoms with Crippen LogP contribution in [-0.4, -0.2) is 32.9 Å². The fraction of sp³-hybridized carbons (Fsp3) is 0.350. The molecular formula is C20H21N3O3S. The molecule has 1 aliphatic rings. The summed E-state index contributed by atoms with van der Waals surface area (Å²) in [5.41, 5.74) is 4.81. The van der Waals surface area contributed by atoms with Crippen LogP contribution in [0.4, 0.5) is 5.69 Å². The minimum atomic E-state index is -0.950. The highest BCUT2D eigenvalue weighted by Gasteiger charge is 2.26. The van der Waals surface area contributed by atoms with Gasteiger partial charge < -0.3 is 10.0 Å². The molecule has 1 aliphatic heterocycles. The summed E-state index contributed by atoms with van der Waals surface area (Å²) < 4.78 is 1.78. The third kappa shape index (κ3) is 2.73. The molecule has 1 amide bonds. The van der Waals surface area contributed by atoms with Crippen molar-refractivity contribution in [2.24, 2.45) is 0 Å². The van der Waals surface area contributed by atoms with Gasteiger partial charge in [-0.25, -0.2) is 9.78 Å². The van der Waals surface area contributed by atoms with Crippen molar-refractivity contribution in [3.05, 3.63) is 40.0 Å². The Bertz CT molecular complexity index is 1080. The summed E-state index contributed by atoms with van der Waals surface area (Å²) in [6, 6.07) is 6.02. The van der Waals surface area contributed by atoms with E-state index in [0.29, 0.717) is 23.6 Å². The number of nitrogens with zero attached hydrogens (tertiary/aromatic N) is 3. The summed E-state index contributed by atoms with van der Waals surface area (Å²) in [6.45, 7) is 6.29. The number of hydrogen-bond donors (Lipinski definition) is 1. The van der Waals surface area contributed by atoms with Gasteiger partial charge in [0.15, 0.2) is 10.7 Å². The first-order valence-corrected chi connectivity index (χ1v) is 9.89. The zero-order valence-electron chi connectivity index (χ0n) is 15.6. The number of thiazole rings is 1. The van der Waals surface area contributed by atoms with Crippen LogP contribution in [0.1, 0.15) is 46.9 Å². The van der Waals surface area contributed by atoms with E-state index in [1.807, 2.05) is 26.0 Å². The number of imidazole rings is 1. The van der Waals surface area contributed by atoms with E-state index in [4.69, 9.17) is 0 Å². The predicted octanol–water partition coefficient (Wildman–Crippen LogP) is 3.93. The van der Waals surface area contributed by atoms with Crippen molar-refractivity contribution < 1.29 is 14.7 Å². The summed E-state index contributed by atoms with van der Waals surface area (Å²) in [5.74, 6) is -0.906. The predicted molar refractivity (Wildman–Crippen MR) is 106 cm³/mol. The van der Waals surface area contributed by atoms with Crippen LogP contribution >= 0.6 is 11.3 Å². The van der Waals surface area contributed by atoms with Crippen LogP contribution in [0, 0.1) is 6.92 Å². The molecular weight excluding hydrogens is 362 g/mol. The molecule has 0 radical (unpaired) electrons. The van der Waals surface area contributed by atoms with Gasteiger partial charge in [-0.05, 0) is 37.5 Å². The third-order valence-corrected chi connectivity index (χ3v) is 5.99. The van der Waals surface area contributed by atoms with Crippen molar-refractivity contribution in [3.8, 4) is 11.3 Å². The normalized spacial score (nSPS) is 13.4. The molecule has 140 valence electrons.